The monoisotopic (exact) mass is 448 g/mol. The van der Waals surface area contributed by atoms with Crippen molar-refractivity contribution < 1.29 is 9.90 Å². The highest BCUT2D eigenvalue weighted by Gasteiger charge is 2.16. The smallest absolute Gasteiger partial charge is 0.335 e. The average molecular weight is 448 g/mol. The van der Waals surface area contributed by atoms with Crippen LogP contribution in [0.1, 0.15) is 10.4 Å². The zero-order valence-electron chi connectivity index (χ0n) is 12.0. The van der Waals surface area contributed by atoms with Crippen molar-refractivity contribution in [3.05, 3.63) is 54.4 Å². The first-order chi connectivity index (χ1) is 11.6. The summed E-state index contributed by atoms with van der Waals surface area (Å²) < 4.78 is 2.90. The predicted molar refractivity (Wildman–Crippen MR) is 100 cm³/mol. The summed E-state index contributed by atoms with van der Waals surface area (Å²) in [5.41, 5.74) is 2.37. The van der Waals surface area contributed by atoms with Crippen LogP contribution >= 0.6 is 34.2 Å². The van der Waals surface area contributed by atoms with Gasteiger partial charge < -0.3 is 5.11 Å². The Balaban J connectivity index is 1.79. The second kappa shape index (κ2) is 5.95. The van der Waals surface area contributed by atoms with Crippen molar-refractivity contribution in [3.63, 3.8) is 0 Å². The van der Waals surface area contributed by atoms with Crippen molar-refractivity contribution in [1.82, 2.24) is 17.7 Å². The van der Waals surface area contributed by atoms with Gasteiger partial charge in [-0.15, -0.1) is 11.3 Å². The zero-order chi connectivity index (χ0) is 16.7. The molecule has 0 saturated heterocycles. The molecule has 4 aromatic rings. The summed E-state index contributed by atoms with van der Waals surface area (Å²) in [5, 5.41) is 9.95. The molecule has 3 aromatic heterocycles. The van der Waals surface area contributed by atoms with Crippen LogP contribution in [0.2, 0.25) is 0 Å². The molecule has 1 N–H and O–H groups in total. The first kappa shape index (κ1) is 15.2. The highest BCUT2D eigenvalue weighted by atomic mass is 127. The Morgan fingerprint density at radius 1 is 1.17 bits per heavy atom. The second-order valence-corrected chi connectivity index (χ2v) is 7.05. The highest BCUT2D eigenvalue weighted by Crippen LogP contribution is 2.31. The molecule has 0 amide bonds. The molecule has 0 spiro atoms. The molecule has 0 atom stereocenters. The molecule has 3 heterocycles. The summed E-state index contributed by atoms with van der Waals surface area (Å²) in [6, 6.07) is 10.9. The van der Waals surface area contributed by atoms with Crippen LogP contribution in [0.4, 0.5) is 0 Å². The van der Waals surface area contributed by atoms with E-state index in [2.05, 4.69) is 37.8 Å². The molecule has 118 valence electrons. The molecule has 0 bridgehead atoms. The molecule has 8 heteroatoms. The van der Waals surface area contributed by atoms with Gasteiger partial charge in [0.1, 0.15) is 16.4 Å². The number of halogens is 1. The molecular formula is C16H9IN4O2S. The molecule has 24 heavy (non-hydrogen) atoms. The first-order valence-corrected chi connectivity index (χ1v) is 8.71. The van der Waals surface area contributed by atoms with Gasteiger partial charge in [-0.1, -0.05) is 12.1 Å². The number of para-hydroxylation sites is 1. The van der Waals surface area contributed by atoms with Crippen LogP contribution in [-0.4, -0.2) is 28.8 Å². The van der Waals surface area contributed by atoms with E-state index >= 15 is 0 Å². The van der Waals surface area contributed by atoms with Gasteiger partial charge in [0.25, 0.3) is 0 Å². The molecule has 4 rings (SSSR count). The fourth-order valence-corrected chi connectivity index (χ4v) is 3.84. The lowest BCUT2D eigenvalue weighted by molar-refractivity contribution is 0.0697. The normalized spacial score (nSPS) is 11.0. The molecule has 0 aliphatic rings. The van der Waals surface area contributed by atoms with Crippen LogP contribution in [0.25, 0.3) is 32.4 Å². The van der Waals surface area contributed by atoms with E-state index in [0.717, 1.165) is 20.9 Å². The van der Waals surface area contributed by atoms with E-state index in [1.807, 2.05) is 30.5 Å². The summed E-state index contributed by atoms with van der Waals surface area (Å²) in [6.45, 7) is 0. The van der Waals surface area contributed by atoms with Gasteiger partial charge in [-0.25, -0.2) is 14.8 Å². The van der Waals surface area contributed by atoms with E-state index in [1.165, 1.54) is 18.3 Å². The van der Waals surface area contributed by atoms with E-state index in [4.69, 9.17) is 5.11 Å². The Morgan fingerprint density at radius 3 is 2.79 bits per heavy atom. The van der Waals surface area contributed by atoms with Gasteiger partial charge in [0, 0.05) is 12.4 Å². The lowest BCUT2D eigenvalue weighted by Gasteiger charge is -2.00. The Labute approximate surface area is 154 Å². The van der Waals surface area contributed by atoms with E-state index in [1.54, 1.807) is 14.1 Å². The second-order valence-electron chi connectivity index (χ2n) is 4.98. The van der Waals surface area contributed by atoms with Crippen LogP contribution in [0.15, 0.2) is 48.8 Å². The molecular weight excluding hydrogens is 439 g/mol. The predicted octanol–water partition coefficient (Wildman–Crippen LogP) is 4.12. The fraction of sp³-hybridized carbons (Fsp3) is 0. The molecule has 0 aliphatic carbocycles. The molecule has 0 unspecified atom stereocenters. The van der Waals surface area contributed by atoms with Crippen molar-refractivity contribution in [2.75, 3.05) is 0 Å². The Bertz CT molecular complexity index is 1040. The lowest BCUT2D eigenvalue weighted by Crippen LogP contribution is -1.98. The van der Waals surface area contributed by atoms with Gasteiger partial charge in [-0.05, 0) is 24.3 Å². The van der Waals surface area contributed by atoms with Crippen LogP contribution in [0, 0.1) is 0 Å². The minimum atomic E-state index is -0.989. The maximum atomic E-state index is 11.1. The van der Waals surface area contributed by atoms with E-state index in [-0.39, 0.29) is 5.56 Å². The van der Waals surface area contributed by atoms with Crippen LogP contribution in [-0.2, 0) is 0 Å². The number of imidazole rings is 1. The lowest BCUT2D eigenvalue weighted by atomic mass is 10.2. The number of benzene rings is 1. The van der Waals surface area contributed by atoms with Gasteiger partial charge in [0.15, 0.2) is 5.82 Å². The van der Waals surface area contributed by atoms with Gasteiger partial charge >= 0.3 is 5.97 Å². The zero-order valence-corrected chi connectivity index (χ0v) is 15.0. The molecule has 0 aliphatic heterocycles. The average Bonchev–Trinajstić information content (AvgIpc) is 3.18. The van der Waals surface area contributed by atoms with Gasteiger partial charge in [-0.3, -0.25) is 7.76 Å². The number of carbonyl (C=O) groups is 1. The van der Waals surface area contributed by atoms with Gasteiger partial charge in [-0.2, -0.15) is 0 Å². The summed E-state index contributed by atoms with van der Waals surface area (Å²) in [7, 11) is 0. The Morgan fingerprint density at radius 2 is 2.00 bits per heavy atom. The number of nitrogens with zero attached hydrogens (tertiary/aromatic N) is 4. The number of fused-ring (bicyclic) bond motifs is 1. The van der Waals surface area contributed by atoms with Crippen molar-refractivity contribution in [1.29, 1.82) is 0 Å². The summed E-state index contributed by atoms with van der Waals surface area (Å²) in [6.07, 6.45) is 3.34. The number of aromatic nitrogens is 4. The SMILES string of the molecule is O=C(O)c1ccnc(-c2nc(-c3nc4ccccc4s3)cn2I)c1. The topological polar surface area (TPSA) is 80.9 Å². The van der Waals surface area contributed by atoms with Crippen molar-refractivity contribution in [2.24, 2.45) is 0 Å². The molecule has 6 nitrogen and oxygen atoms in total. The van der Waals surface area contributed by atoms with Crippen molar-refractivity contribution >= 4 is 50.4 Å². The third-order valence-corrected chi connectivity index (χ3v) is 5.21. The van der Waals surface area contributed by atoms with Crippen molar-refractivity contribution in [2.45, 2.75) is 0 Å². The Kier molecular flexibility index (Phi) is 3.77. The first-order valence-electron chi connectivity index (χ1n) is 6.93. The van der Waals surface area contributed by atoms with Gasteiger partial charge in [0.2, 0.25) is 0 Å². The Hall–Kier alpha value is -2.33. The third-order valence-electron chi connectivity index (χ3n) is 3.41. The van der Waals surface area contributed by atoms with Crippen LogP contribution in [0.5, 0.6) is 0 Å². The quantitative estimate of drug-likeness (QED) is 0.477. The molecule has 1 aromatic carbocycles. The number of aromatic carboxylic acids is 1. The fourth-order valence-electron chi connectivity index (χ4n) is 2.30. The van der Waals surface area contributed by atoms with E-state index in [0.29, 0.717) is 11.5 Å². The summed E-state index contributed by atoms with van der Waals surface area (Å²) in [5.74, 6) is -0.399. The largest absolute Gasteiger partial charge is 0.478 e. The number of carboxylic acid groups (broad SMARTS) is 1. The number of rotatable bonds is 3. The third kappa shape index (κ3) is 2.67. The minimum Gasteiger partial charge on any atom is -0.478 e. The number of hydrogen-bond acceptors (Lipinski definition) is 5. The standard InChI is InChI=1S/C16H9IN4O2S/c17-21-8-12(15-20-10-3-1-2-4-13(10)24-15)19-14(21)11-7-9(16(22)23)5-6-18-11/h1-8H,(H,22,23). The highest BCUT2D eigenvalue weighted by molar-refractivity contribution is 14.1. The number of carboxylic acids is 1. The van der Waals surface area contributed by atoms with E-state index in [9.17, 15) is 4.79 Å². The van der Waals surface area contributed by atoms with Gasteiger partial charge in [0.05, 0.1) is 38.6 Å². The summed E-state index contributed by atoms with van der Waals surface area (Å²) >= 11 is 3.67. The molecule has 0 radical (unpaired) electrons. The summed E-state index contributed by atoms with van der Waals surface area (Å²) in [4.78, 5) is 24.6. The molecule has 0 saturated carbocycles. The number of thiazole rings is 1. The maximum Gasteiger partial charge on any atom is 0.335 e. The maximum absolute atomic E-state index is 11.1. The van der Waals surface area contributed by atoms with Crippen molar-refractivity contribution in [3.8, 4) is 22.2 Å². The van der Waals surface area contributed by atoms with E-state index < -0.39 is 5.97 Å². The molecule has 0 fully saturated rings. The number of hydrogen-bond donors (Lipinski definition) is 1. The van der Waals surface area contributed by atoms with Crippen LogP contribution in [0.3, 0.4) is 0 Å². The van der Waals surface area contributed by atoms with Crippen LogP contribution < -0.4 is 0 Å². The minimum absolute atomic E-state index is 0.181. The number of pyridine rings is 1.